The van der Waals surface area contributed by atoms with Gasteiger partial charge in [0.2, 0.25) is 0 Å². The third kappa shape index (κ3) is 4.05. The molecule has 2 unspecified atom stereocenters. The van der Waals surface area contributed by atoms with Gasteiger partial charge in [0.05, 0.1) is 12.8 Å². The van der Waals surface area contributed by atoms with Gasteiger partial charge in [-0.05, 0) is 25.8 Å². The standard InChI is InChI=1S/C10H20FNO/c11-7-4-8-12-9-5-2-1-3-6-10(9)13/h9-10,12-13H,1-8H2. The van der Waals surface area contributed by atoms with Crippen molar-refractivity contribution >= 4 is 0 Å². The van der Waals surface area contributed by atoms with Crippen molar-refractivity contribution in [2.75, 3.05) is 13.2 Å². The van der Waals surface area contributed by atoms with Gasteiger partial charge in [0.15, 0.2) is 0 Å². The van der Waals surface area contributed by atoms with Crippen LogP contribution >= 0.6 is 0 Å². The summed E-state index contributed by atoms with van der Waals surface area (Å²) in [5.41, 5.74) is 0. The van der Waals surface area contributed by atoms with Crippen molar-refractivity contribution in [3.8, 4) is 0 Å². The number of aliphatic hydroxyl groups excluding tert-OH is 1. The lowest BCUT2D eigenvalue weighted by atomic mass is 10.1. The molecular formula is C10H20FNO. The summed E-state index contributed by atoms with van der Waals surface area (Å²) in [6.45, 7) is 0.425. The predicted molar refractivity (Wildman–Crippen MR) is 51.5 cm³/mol. The molecule has 78 valence electrons. The van der Waals surface area contributed by atoms with E-state index in [0.29, 0.717) is 13.0 Å². The van der Waals surface area contributed by atoms with Gasteiger partial charge in [0.25, 0.3) is 0 Å². The maximum atomic E-state index is 11.8. The molecule has 0 saturated heterocycles. The SMILES string of the molecule is OC1CCCCCC1NCCCF. The van der Waals surface area contributed by atoms with Gasteiger partial charge in [-0.15, -0.1) is 0 Å². The summed E-state index contributed by atoms with van der Waals surface area (Å²) in [6, 6.07) is 0.203. The van der Waals surface area contributed by atoms with Gasteiger partial charge in [0.1, 0.15) is 0 Å². The van der Waals surface area contributed by atoms with Crippen LogP contribution in [0.25, 0.3) is 0 Å². The van der Waals surface area contributed by atoms with Crippen molar-refractivity contribution in [3.63, 3.8) is 0 Å². The Hall–Kier alpha value is -0.150. The van der Waals surface area contributed by atoms with E-state index in [-0.39, 0.29) is 18.8 Å². The van der Waals surface area contributed by atoms with E-state index < -0.39 is 0 Å². The molecule has 2 N–H and O–H groups in total. The fraction of sp³-hybridized carbons (Fsp3) is 1.00. The molecule has 0 spiro atoms. The molecule has 0 heterocycles. The molecular weight excluding hydrogens is 169 g/mol. The van der Waals surface area contributed by atoms with Crippen LogP contribution in [0.1, 0.15) is 38.5 Å². The predicted octanol–water partition coefficient (Wildman–Crippen LogP) is 1.63. The van der Waals surface area contributed by atoms with Crippen molar-refractivity contribution in [3.05, 3.63) is 0 Å². The highest BCUT2D eigenvalue weighted by atomic mass is 19.1. The van der Waals surface area contributed by atoms with Gasteiger partial charge in [-0.2, -0.15) is 0 Å². The number of alkyl halides is 1. The zero-order chi connectivity index (χ0) is 9.52. The van der Waals surface area contributed by atoms with Gasteiger partial charge in [-0.3, -0.25) is 4.39 Å². The molecule has 0 radical (unpaired) electrons. The minimum Gasteiger partial charge on any atom is -0.392 e. The molecule has 0 aliphatic heterocycles. The van der Waals surface area contributed by atoms with Crippen molar-refractivity contribution < 1.29 is 9.50 Å². The Labute approximate surface area is 79.5 Å². The van der Waals surface area contributed by atoms with Crippen LogP contribution in [-0.4, -0.2) is 30.5 Å². The van der Waals surface area contributed by atoms with E-state index in [1.165, 1.54) is 12.8 Å². The van der Waals surface area contributed by atoms with Gasteiger partial charge in [-0.25, -0.2) is 0 Å². The third-order valence-corrected chi connectivity index (χ3v) is 2.70. The summed E-state index contributed by atoms with van der Waals surface area (Å²) in [7, 11) is 0. The van der Waals surface area contributed by atoms with Crippen LogP contribution in [-0.2, 0) is 0 Å². The highest BCUT2D eigenvalue weighted by Crippen LogP contribution is 2.17. The van der Waals surface area contributed by atoms with Crippen LogP contribution in [0.3, 0.4) is 0 Å². The number of hydrogen-bond donors (Lipinski definition) is 2. The summed E-state index contributed by atoms with van der Waals surface area (Å²) in [4.78, 5) is 0. The second-order valence-electron chi connectivity index (χ2n) is 3.81. The van der Waals surface area contributed by atoms with Crippen LogP contribution in [0.15, 0.2) is 0 Å². The molecule has 0 aromatic rings. The molecule has 0 bridgehead atoms. The topological polar surface area (TPSA) is 32.3 Å². The molecule has 1 saturated carbocycles. The average Bonchev–Trinajstić information content (AvgIpc) is 2.32. The maximum absolute atomic E-state index is 11.8. The van der Waals surface area contributed by atoms with Crippen LogP contribution < -0.4 is 5.32 Å². The molecule has 0 aromatic carbocycles. The molecule has 0 amide bonds. The van der Waals surface area contributed by atoms with E-state index in [1.807, 2.05) is 0 Å². The number of aliphatic hydroxyl groups is 1. The Morgan fingerprint density at radius 2 is 2.00 bits per heavy atom. The first-order valence-corrected chi connectivity index (χ1v) is 5.32. The molecule has 2 nitrogen and oxygen atoms in total. The van der Waals surface area contributed by atoms with Crippen LogP contribution in [0, 0.1) is 0 Å². The molecule has 1 aliphatic carbocycles. The van der Waals surface area contributed by atoms with Crippen molar-refractivity contribution in [1.29, 1.82) is 0 Å². The zero-order valence-electron chi connectivity index (χ0n) is 8.14. The largest absolute Gasteiger partial charge is 0.392 e. The van der Waals surface area contributed by atoms with Crippen LogP contribution in [0.5, 0.6) is 0 Å². The fourth-order valence-corrected chi connectivity index (χ4v) is 1.88. The van der Waals surface area contributed by atoms with Gasteiger partial charge in [-0.1, -0.05) is 19.3 Å². The molecule has 0 aromatic heterocycles. The van der Waals surface area contributed by atoms with E-state index in [9.17, 15) is 9.50 Å². The summed E-state index contributed by atoms with van der Waals surface area (Å²) in [5, 5.41) is 12.9. The van der Waals surface area contributed by atoms with Crippen molar-refractivity contribution in [2.24, 2.45) is 0 Å². The zero-order valence-corrected chi connectivity index (χ0v) is 8.14. The van der Waals surface area contributed by atoms with Crippen LogP contribution in [0.2, 0.25) is 0 Å². The van der Waals surface area contributed by atoms with E-state index >= 15 is 0 Å². The Balaban J connectivity index is 2.19. The first-order chi connectivity index (χ1) is 6.34. The summed E-state index contributed by atoms with van der Waals surface area (Å²) in [6.07, 6.45) is 5.80. The molecule has 3 heteroatoms. The van der Waals surface area contributed by atoms with Crippen molar-refractivity contribution in [1.82, 2.24) is 5.32 Å². The lowest BCUT2D eigenvalue weighted by molar-refractivity contribution is 0.120. The van der Waals surface area contributed by atoms with Crippen LogP contribution in [0.4, 0.5) is 4.39 Å². The Kier molecular flexibility index (Phi) is 5.32. The lowest BCUT2D eigenvalue weighted by Gasteiger charge is -2.21. The van der Waals surface area contributed by atoms with E-state index in [1.54, 1.807) is 0 Å². The Morgan fingerprint density at radius 1 is 1.23 bits per heavy atom. The number of halogens is 1. The smallest absolute Gasteiger partial charge is 0.0906 e. The third-order valence-electron chi connectivity index (χ3n) is 2.70. The van der Waals surface area contributed by atoms with Crippen molar-refractivity contribution in [2.45, 2.75) is 50.7 Å². The van der Waals surface area contributed by atoms with E-state index in [0.717, 1.165) is 19.3 Å². The second-order valence-corrected chi connectivity index (χ2v) is 3.81. The molecule has 1 fully saturated rings. The molecule has 1 rings (SSSR count). The van der Waals surface area contributed by atoms with E-state index in [2.05, 4.69) is 5.32 Å². The monoisotopic (exact) mass is 189 g/mol. The second kappa shape index (κ2) is 6.33. The Bertz CT molecular complexity index is 132. The quantitative estimate of drug-likeness (QED) is 0.520. The number of nitrogens with one attached hydrogen (secondary N) is 1. The maximum Gasteiger partial charge on any atom is 0.0906 e. The normalized spacial score (nSPS) is 30.0. The van der Waals surface area contributed by atoms with Gasteiger partial charge >= 0.3 is 0 Å². The minimum absolute atomic E-state index is 0.203. The minimum atomic E-state index is -0.268. The van der Waals surface area contributed by atoms with Gasteiger partial charge < -0.3 is 10.4 Å². The first-order valence-electron chi connectivity index (χ1n) is 5.32. The fourth-order valence-electron chi connectivity index (χ4n) is 1.88. The molecule has 1 aliphatic rings. The summed E-state index contributed by atoms with van der Waals surface area (Å²) in [5.74, 6) is 0. The highest BCUT2D eigenvalue weighted by Gasteiger charge is 2.20. The highest BCUT2D eigenvalue weighted by molar-refractivity contribution is 4.78. The molecule has 13 heavy (non-hydrogen) atoms. The number of rotatable bonds is 4. The summed E-state index contributed by atoms with van der Waals surface area (Å²) < 4.78 is 11.8. The van der Waals surface area contributed by atoms with Gasteiger partial charge in [0, 0.05) is 6.04 Å². The number of hydrogen-bond acceptors (Lipinski definition) is 2. The summed E-state index contributed by atoms with van der Waals surface area (Å²) >= 11 is 0. The molecule has 2 atom stereocenters. The Morgan fingerprint density at radius 3 is 2.77 bits per heavy atom. The van der Waals surface area contributed by atoms with E-state index in [4.69, 9.17) is 0 Å². The average molecular weight is 189 g/mol. The lowest BCUT2D eigenvalue weighted by Crippen LogP contribution is -2.39. The first kappa shape index (κ1) is 10.9.